The number of nitrogens with zero attached hydrogens (tertiary/aromatic N) is 2. The molecule has 0 aliphatic heterocycles. The molecule has 14 heavy (non-hydrogen) atoms. The first-order chi connectivity index (χ1) is 6.31. The molecule has 0 spiro atoms. The van der Waals surface area contributed by atoms with Crippen molar-refractivity contribution in [3.8, 4) is 11.9 Å². The van der Waals surface area contributed by atoms with Crippen molar-refractivity contribution in [2.75, 3.05) is 13.2 Å². The number of hydrogen-bond acceptors (Lipinski definition) is 3. The van der Waals surface area contributed by atoms with Crippen LogP contribution < -0.4 is 9.47 Å². The van der Waals surface area contributed by atoms with Gasteiger partial charge >= 0.3 is 0 Å². The van der Waals surface area contributed by atoms with Gasteiger partial charge < -0.3 is 9.47 Å². The zero-order valence-electron chi connectivity index (χ0n) is 8.82. The molecule has 0 fully saturated rings. The van der Waals surface area contributed by atoms with E-state index in [0.29, 0.717) is 25.1 Å². The number of imidazole rings is 1. The summed E-state index contributed by atoms with van der Waals surface area (Å²) in [5, 5.41) is 0. The average molecular weight is 221 g/mol. The summed E-state index contributed by atoms with van der Waals surface area (Å²) in [6.07, 6.45) is 1.86. The smallest absolute Gasteiger partial charge is 0.299 e. The third-order valence-corrected chi connectivity index (χ3v) is 1.62. The van der Waals surface area contributed by atoms with Gasteiger partial charge in [-0.2, -0.15) is 4.98 Å². The Labute approximate surface area is 90.6 Å². The van der Waals surface area contributed by atoms with E-state index in [4.69, 9.17) is 9.47 Å². The number of aryl methyl sites for hydroxylation is 1. The summed E-state index contributed by atoms with van der Waals surface area (Å²) in [7, 11) is 0. The Morgan fingerprint density at radius 1 is 1.21 bits per heavy atom. The lowest BCUT2D eigenvalue weighted by molar-refractivity contribution is 0.291. The fourth-order valence-corrected chi connectivity index (χ4v) is 1.06. The van der Waals surface area contributed by atoms with Crippen LogP contribution in [0, 0.1) is 0 Å². The molecule has 0 aromatic carbocycles. The predicted molar refractivity (Wildman–Crippen MR) is 57.5 cm³/mol. The Kier molecular flexibility index (Phi) is 6.12. The van der Waals surface area contributed by atoms with Crippen molar-refractivity contribution >= 4 is 12.4 Å². The molecular weight excluding hydrogens is 204 g/mol. The monoisotopic (exact) mass is 220 g/mol. The Hall–Kier alpha value is -0.900. The summed E-state index contributed by atoms with van der Waals surface area (Å²) >= 11 is 0. The maximum atomic E-state index is 5.33. The molecule has 0 atom stereocenters. The first-order valence-electron chi connectivity index (χ1n) is 4.64. The minimum absolute atomic E-state index is 0. The Morgan fingerprint density at radius 3 is 2.36 bits per heavy atom. The standard InChI is InChI=1S/C9H16N2O2.ClH/c1-4-11-7-8(12-5-2)10-9(11)13-6-3;/h7H,4-6H2,1-3H3;1H. The highest BCUT2D eigenvalue weighted by atomic mass is 35.5. The van der Waals surface area contributed by atoms with Gasteiger partial charge in [0.05, 0.1) is 19.4 Å². The minimum Gasteiger partial charge on any atom is -0.477 e. The SMILES string of the molecule is CCOc1cn(CC)c(OCC)n1.Cl. The molecule has 0 N–H and O–H groups in total. The number of hydrogen-bond donors (Lipinski definition) is 0. The molecule has 0 aliphatic rings. The molecule has 0 saturated carbocycles. The molecule has 1 aromatic heterocycles. The van der Waals surface area contributed by atoms with Crippen LogP contribution >= 0.6 is 12.4 Å². The highest BCUT2D eigenvalue weighted by molar-refractivity contribution is 5.85. The van der Waals surface area contributed by atoms with Gasteiger partial charge in [-0.1, -0.05) is 0 Å². The van der Waals surface area contributed by atoms with Crippen molar-refractivity contribution < 1.29 is 9.47 Å². The van der Waals surface area contributed by atoms with Gasteiger partial charge in [0.25, 0.3) is 6.01 Å². The van der Waals surface area contributed by atoms with E-state index in [1.54, 1.807) is 0 Å². The summed E-state index contributed by atoms with van der Waals surface area (Å²) in [5.74, 6) is 0.632. The largest absolute Gasteiger partial charge is 0.477 e. The van der Waals surface area contributed by atoms with Gasteiger partial charge in [-0.3, -0.25) is 4.57 Å². The maximum absolute atomic E-state index is 5.33. The van der Waals surface area contributed by atoms with Crippen LogP contribution in [0.2, 0.25) is 0 Å². The van der Waals surface area contributed by atoms with Gasteiger partial charge in [-0.25, -0.2) is 0 Å². The Bertz CT molecular complexity index is 263. The molecule has 0 aliphatic carbocycles. The average Bonchev–Trinajstić information content (AvgIpc) is 2.49. The highest BCUT2D eigenvalue weighted by Crippen LogP contribution is 2.17. The van der Waals surface area contributed by atoms with Crippen molar-refractivity contribution in [1.29, 1.82) is 0 Å². The molecule has 5 heteroatoms. The fourth-order valence-electron chi connectivity index (χ4n) is 1.06. The number of aromatic nitrogens is 2. The zero-order chi connectivity index (χ0) is 9.68. The quantitative estimate of drug-likeness (QED) is 0.763. The van der Waals surface area contributed by atoms with E-state index in [1.165, 1.54) is 0 Å². The fraction of sp³-hybridized carbons (Fsp3) is 0.667. The maximum Gasteiger partial charge on any atom is 0.299 e. The molecule has 82 valence electrons. The van der Waals surface area contributed by atoms with Crippen LogP contribution in [0.1, 0.15) is 20.8 Å². The van der Waals surface area contributed by atoms with Crippen LogP contribution in [0.25, 0.3) is 0 Å². The van der Waals surface area contributed by atoms with Gasteiger partial charge in [0.2, 0.25) is 5.88 Å². The minimum atomic E-state index is 0. The topological polar surface area (TPSA) is 36.3 Å². The highest BCUT2D eigenvalue weighted by Gasteiger charge is 2.07. The lowest BCUT2D eigenvalue weighted by Gasteiger charge is -2.02. The van der Waals surface area contributed by atoms with Crippen molar-refractivity contribution in [3.63, 3.8) is 0 Å². The van der Waals surface area contributed by atoms with E-state index in [0.717, 1.165) is 6.54 Å². The molecule has 1 aromatic rings. The molecule has 1 heterocycles. The summed E-state index contributed by atoms with van der Waals surface area (Å²) in [6, 6.07) is 0.633. The van der Waals surface area contributed by atoms with Gasteiger partial charge in [0.15, 0.2) is 0 Å². The van der Waals surface area contributed by atoms with E-state index >= 15 is 0 Å². The summed E-state index contributed by atoms with van der Waals surface area (Å²) in [4.78, 5) is 4.18. The molecule has 0 unspecified atom stereocenters. The summed E-state index contributed by atoms with van der Waals surface area (Å²) in [5.41, 5.74) is 0. The molecular formula is C9H17ClN2O2. The van der Waals surface area contributed by atoms with E-state index < -0.39 is 0 Å². The van der Waals surface area contributed by atoms with E-state index in [1.807, 2.05) is 31.5 Å². The summed E-state index contributed by atoms with van der Waals surface area (Å²) in [6.45, 7) is 8.02. The first-order valence-corrected chi connectivity index (χ1v) is 4.64. The Morgan fingerprint density at radius 2 is 1.86 bits per heavy atom. The lowest BCUT2D eigenvalue weighted by Crippen LogP contribution is -2.00. The second kappa shape index (κ2) is 6.54. The zero-order valence-corrected chi connectivity index (χ0v) is 9.63. The first kappa shape index (κ1) is 13.1. The van der Waals surface area contributed by atoms with Gasteiger partial charge in [0, 0.05) is 6.54 Å². The molecule has 0 amide bonds. The van der Waals surface area contributed by atoms with Gasteiger partial charge in [-0.05, 0) is 20.8 Å². The normalized spacial score (nSPS) is 9.36. The van der Waals surface area contributed by atoms with E-state index in [-0.39, 0.29) is 12.4 Å². The van der Waals surface area contributed by atoms with Crippen LogP contribution in [0.3, 0.4) is 0 Å². The van der Waals surface area contributed by atoms with Crippen molar-refractivity contribution in [2.45, 2.75) is 27.3 Å². The van der Waals surface area contributed by atoms with Crippen LogP contribution in [-0.4, -0.2) is 22.8 Å². The molecule has 0 bridgehead atoms. The van der Waals surface area contributed by atoms with Crippen LogP contribution in [0.15, 0.2) is 6.20 Å². The van der Waals surface area contributed by atoms with Crippen molar-refractivity contribution in [3.05, 3.63) is 6.20 Å². The third kappa shape index (κ3) is 3.10. The molecule has 4 nitrogen and oxygen atoms in total. The second-order valence-corrected chi connectivity index (χ2v) is 2.51. The predicted octanol–water partition coefficient (Wildman–Crippen LogP) is 2.12. The van der Waals surface area contributed by atoms with Crippen LogP contribution in [-0.2, 0) is 6.54 Å². The molecule has 0 radical (unpaired) electrons. The van der Waals surface area contributed by atoms with Gasteiger partial charge in [0.1, 0.15) is 0 Å². The lowest BCUT2D eigenvalue weighted by atomic mass is 10.7. The number of rotatable bonds is 5. The second-order valence-electron chi connectivity index (χ2n) is 2.51. The third-order valence-electron chi connectivity index (χ3n) is 1.62. The number of ether oxygens (including phenoxy) is 2. The Balaban J connectivity index is 0.00000169. The van der Waals surface area contributed by atoms with Crippen LogP contribution in [0.4, 0.5) is 0 Å². The van der Waals surface area contributed by atoms with Crippen molar-refractivity contribution in [1.82, 2.24) is 9.55 Å². The van der Waals surface area contributed by atoms with E-state index in [9.17, 15) is 0 Å². The van der Waals surface area contributed by atoms with E-state index in [2.05, 4.69) is 4.98 Å². The van der Waals surface area contributed by atoms with Gasteiger partial charge in [-0.15, -0.1) is 12.4 Å². The molecule has 1 rings (SSSR count). The van der Waals surface area contributed by atoms with Crippen molar-refractivity contribution in [2.24, 2.45) is 0 Å². The number of halogens is 1. The molecule has 0 saturated heterocycles. The van der Waals surface area contributed by atoms with Crippen LogP contribution in [0.5, 0.6) is 11.9 Å². The summed E-state index contributed by atoms with van der Waals surface area (Å²) < 4.78 is 12.5.